The van der Waals surface area contributed by atoms with Gasteiger partial charge in [0.15, 0.2) is 0 Å². The van der Waals surface area contributed by atoms with E-state index in [0.29, 0.717) is 0 Å². The maximum atomic E-state index is 11.8. The lowest BCUT2D eigenvalue weighted by Crippen LogP contribution is -2.42. The molecule has 1 aromatic rings. The van der Waals surface area contributed by atoms with Gasteiger partial charge in [-0.05, 0) is 38.5 Å². The molecule has 1 aromatic heterocycles. The fourth-order valence-corrected chi connectivity index (χ4v) is 2.25. The minimum absolute atomic E-state index is 0.0530. The minimum Gasteiger partial charge on any atom is -0.444 e. The molecule has 0 bridgehead atoms. The van der Waals surface area contributed by atoms with Gasteiger partial charge in [0.05, 0.1) is 6.04 Å². The second-order valence-electron chi connectivity index (χ2n) is 5.80. The van der Waals surface area contributed by atoms with Crippen molar-refractivity contribution in [2.75, 3.05) is 13.1 Å². The fourth-order valence-electron chi connectivity index (χ4n) is 2.25. The number of aromatic nitrogens is 1. The van der Waals surface area contributed by atoms with Gasteiger partial charge in [-0.3, -0.25) is 4.98 Å². The molecule has 0 radical (unpaired) electrons. The zero-order chi connectivity index (χ0) is 13.9. The summed E-state index contributed by atoms with van der Waals surface area (Å²) in [6.07, 6.45) is 3.19. The Balaban J connectivity index is 1.98. The molecule has 1 saturated heterocycles. The van der Waals surface area contributed by atoms with Crippen LogP contribution >= 0.6 is 0 Å². The van der Waals surface area contributed by atoms with Crippen LogP contribution in [0.15, 0.2) is 24.5 Å². The molecule has 2 atom stereocenters. The average Bonchev–Trinajstić information content (AvgIpc) is 2.75. The molecule has 5 heteroatoms. The van der Waals surface area contributed by atoms with E-state index in [1.54, 1.807) is 12.4 Å². The molecule has 5 nitrogen and oxygen atoms in total. The Kier molecular flexibility index (Phi) is 4.04. The van der Waals surface area contributed by atoms with Gasteiger partial charge in [-0.15, -0.1) is 0 Å². The molecular weight excluding hydrogens is 242 g/mol. The van der Waals surface area contributed by atoms with E-state index in [1.807, 2.05) is 32.9 Å². The Morgan fingerprint density at radius 1 is 1.37 bits per heavy atom. The van der Waals surface area contributed by atoms with Crippen LogP contribution in [0, 0.1) is 0 Å². The molecule has 0 saturated carbocycles. The summed E-state index contributed by atoms with van der Waals surface area (Å²) in [6.45, 7) is 7.19. The number of carbonyl (C=O) groups is 1. The van der Waals surface area contributed by atoms with Crippen molar-refractivity contribution < 1.29 is 9.53 Å². The number of nitrogens with zero attached hydrogens (tertiary/aromatic N) is 1. The van der Waals surface area contributed by atoms with Gasteiger partial charge < -0.3 is 15.4 Å². The summed E-state index contributed by atoms with van der Waals surface area (Å²) in [7, 11) is 0. The second-order valence-corrected chi connectivity index (χ2v) is 5.80. The zero-order valence-corrected chi connectivity index (χ0v) is 11.6. The number of rotatable bonds is 2. The van der Waals surface area contributed by atoms with Gasteiger partial charge in [-0.2, -0.15) is 0 Å². The zero-order valence-electron chi connectivity index (χ0n) is 11.6. The monoisotopic (exact) mass is 263 g/mol. The number of amides is 1. The lowest BCUT2D eigenvalue weighted by molar-refractivity contribution is 0.0504. The molecule has 0 aliphatic carbocycles. The number of alkyl carbamates (subject to hydrolysis) is 1. The molecule has 2 N–H and O–H groups in total. The Morgan fingerprint density at radius 3 is 2.68 bits per heavy atom. The topological polar surface area (TPSA) is 63.2 Å². The maximum absolute atomic E-state index is 11.8. The van der Waals surface area contributed by atoms with E-state index in [1.165, 1.54) is 5.56 Å². The van der Waals surface area contributed by atoms with Crippen LogP contribution in [-0.4, -0.2) is 35.8 Å². The summed E-state index contributed by atoms with van der Waals surface area (Å²) in [5.41, 5.74) is 0.712. The van der Waals surface area contributed by atoms with E-state index in [0.717, 1.165) is 13.1 Å². The highest BCUT2D eigenvalue weighted by Crippen LogP contribution is 2.22. The van der Waals surface area contributed by atoms with Gasteiger partial charge >= 0.3 is 6.09 Å². The molecule has 1 fully saturated rings. The number of hydrogen-bond acceptors (Lipinski definition) is 4. The van der Waals surface area contributed by atoms with Crippen LogP contribution in [0.1, 0.15) is 32.3 Å². The Labute approximate surface area is 113 Å². The van der Waals surface area contributed by atoms with E-state index in [-0.39, 0.29) is 18.1 Å². The van der Waals surface area contributed by atoms with Crippen molar-refractivity contribution in [2.24, 2.45) is 0 Å². The molecular formula is C14H21N3O2. The van der Waals surface area contributed by atoms with Gasteiger partial charge in [0.1, 0.15) is 5.60 Å². The van der Waals surface area contributed by atoms with Crippen LogP contribution in [0.4, 0.5) is 4.79 Å². The molecule has 1 aliphatic heterocycles. The van der Waals surface area contributed by atoms with Gasteiger partial charge in [-0.25, -0.2) is 4.79 Å². The first-order valence-electron chi connectivity index (χ1n) is 6.56. The van der Waals surface area contributed by atoms with Crippen molar-refractivity contribution >= 4 is 6.09 Å². The molecule has 1 aliphatic rings. The molecule has 1 amide bonds. The van der Waals surface area contributed by atoms with Crippen molar-refractivity contribution in [1.29, 1.82) is 0 Å². The van der Waals surface area contributed by atoms with E-state index in [4.69, 9.17) is 4.74 Å². The normalized spacial score (nSPS) is 23.1. The van der Waals surface area contributed by atoms with E-state index in [9.17, 15) is 4.79 Å². The predicted octanol–water partition coefficient (Wildman–Crippen LogP) is 1.66. The molecule has 0 unspecified atom stereocenters. The van der Waals surface area contributed by atoms with E-state index >= 15 is 0 Å². The lowest BCUT2D eigenvalue weighted by atomic mass is 9.95. The quantitative estimate of drug-likeness (QED) is 0.852. The number of pyridine rings is 1. The van der Waals surface area contributed by atoms with E-state index in [2.05, 4.69) is 15.6 Å². The maximum Gasteiger partial charge on any atom is 0.407 e. The van der Waals surface area contributed by atoms with Crippen molar-refractivity contribution in [3.8, 4) is 0 Å². The minimum atomic E-state index is -0.470. The molecule has 2 heterocycles. The van der Waals surface area contributed by atoms with E-state index < -0.39 is 5.60 Å². The first kappa shape index (κ1) is 13.8. The first-order valence-corrected chi connectivity index (χ1v) is 6.56. The summed E-state index contributed by atoms with van der Waals surface area (Å²) in [5.74, 6) is 0.260. The number of nitrogens with one attached hydrogen (secondary N) is 2. The fraction of sp³-hybridized carbons (Fsp3) is 0.571. The van der Waals surface area contributed by atoms with Crippen LogP contribution in [0.25, 0.3) is 0 Å². The largest absolute Gasteiger partial charge is 0.444 e. The SMILES string of the molecule is CC(C)(C)OC(=O)N[C@H]1CNC[C@H]1c1ccncc1. The van der Waals surface area contributed by atoms with Gasteiger partial charge in [0, 0.05) is 31.4 Å². The second kappa shape index (κ2) is 5.57. The van der Waals surface area contributed by atoms with Gasteiger partial charge in [-0.1, -0.05) is 0 Å². The molecule has 19 heavy (non-hydrogen) atoms. The average molecular weight is 263 g/mol. The highest BCUT2D eigenvalue weighted by molar-refractivity contribution is 5.68. The van der Waals surface area contributed by atoms with Crippen LogP contribution in [0.2, 0.25) is 0 Å². The van der Waals surface area contributed by atoms with Gasteiger partial charge in [0.25, 0.3) is 0 Å². The Bertz CT molecular complexity index is 428. The van der Waals surface area contributed by atoms with Crippen LogP contribution < -0.4 is 10.6 Å². The molecule has 0 spiro atoms. The van der Waals surface area contributed by atoms with Crippen molar-refractivity contribution in [2.45, 2.75) is 38.3 Å². The number of ether oxygens (including phenoxy) is 1. The summed E-state index contributed by atoms with van der Waals surface area (Å²) in [4.78, 5) is 15.8. The highest BCUT2D eigenvalue weighted by atomic mass is 16.6. The van der Waals surface area contributed by atoms with Crippen LogP contribution in [0.3, 0.4) is 0 Å². The number of carbonyl (C=O) groups excluding carboxylic acids is 1. The van der Waals surface area contributed by atoms with Crippen LogP contribution in [-0.2, 0) is 4.74 Å². The predicted molar refractivity (Wildman–Crippen MR) is 73.0 cm³/mol. The third kappa shape index (κ3) is 3.92. The van der Waals surface area contributed by atoms with Crippen molar-refractivity contribution in [1.82, 2.24) is 15.6 Å². The Hall–Kier alpha value is -1.62. The van der Waals surface area contributed by atoms with Crippen molar-refractivity contribution in [3.05, 3.63) is 30.1 Å². The van der Waals surface area contributed by atoms with Crippen molar-refractivity contribution in [3.63, 3.8) is 0 Å². The third-order valence-electron chi connectivity index (χ3n) is 3.05. The molecule has 0 aromatic carbocycles. The highest BCUT2D eigenvalue weighted by Gasteiger charge is 2.30. The standard InChI is InChI=1S/C14H21N3O2/c1-14(2,3)19-13(18)17-12-9-16-8-11(12)10-4-6-15-7-5-10/h4-7,11-12,16H,8-9H2,1-3H3,(H,17,18)/t11-,12-/m0/s1. The first-order chi connectivity index (χ1) is 8.96. The summed E-state index contributed by atoms with van der Waals surface area (Å²) in [6, 6.07) is 4.03. The van der Waals surface area contributed by atoms with Gasteiger partial charge in [0.2, 0.25) is 0 Å². The molecule has 2 rings (SSSR count). The Morgan fingerprint density at radius 2 is 2.05 bits per heavy atom. The summed E-state index contributed by atoms with van der Waals surface area (Å²) >= 11 is 0. The summed E-state index contributed by atoms with van der Waals surface area (Å²) < 4.78 is 5.29. The lowest BCUT2D eigenvalue weighted by Gasteiger charge is -2.24. The smallest absolute Gasteiger partial charge is 0.407 e. The summed E-state index contributed by atoms with van der Waals surface area (Å²) in [5, 5.41) is 6.24. The third-order valence-corrected chi connectivity index (χ3v) is 3.05. The molecule has 104 valence electrons. The number of hydrogen-bond donors (Lipinski definition) is 2. The van der Waals surface area contributed by atoms with Crippen LogP contribution in [0.5, 0.6) is 0 Å².